The van der Waals surface area contributed by atoms with E-state index in [1.165, 1.54) is 0 Å². The van der Waals surface area contributed by atoms with E-state index in [4.69, 9.17) is 0 Å². The van der Waals surface area contributed by atoms with Crippen molar-refractivity contribution in [3.63, 3.8) is 0 Å². The molecule has 2 unspecified atom stereocenters. The molecule has 2 fully saturated rings. The predicted molar refractivity (Wildman–Crippen MR) is 87.3 cm³/mol. The van der Waals surface area contributed by atoms with E-state index in [9.17, 15) is 8.42 Å². The second kappa shape index (κ2) is 7.09. The largest absolute Gasteiger partial charge is 0.314 e. The molecule has 2 atom stereocenters. The maximum atomic E-state index is 12.5. The lowest BCUT2D eigenvalue weighted by atomic mass is 9.95. The lowest BCUT2D eigenvalue weighted by Crippen LogP contribution is -2.47. The Bertz CT molecular complexity index is 550. The first-order valence-electron chi connectivity index (χ1n) is 7.40. The van der Waals surface area contributed by atoms with Crippen molar-refractivity contribution in [3.8, 4) is 0 Å². The number of halogens is 1. The van der Waals surface area contributed by atoms with Crippen LogP contribution in [0, 0.1) is 5.92 Å². The number of sulfonamides is 1. The predicted octanol–water partition coefficient (Wildman–Crippen LogP) is 1.66. The SMILES string of the molecule is Cl.O=S(=O)(CCc1ccccc1)N1CCC2NCCC2C1. The molecule has 2 aliphatic heterocycles. The Labute approximate surface area is 133 Å². The van der Waals surface area contributed by atoms with Crippen LogP contribution in [0.15, 0.2) is 30.3 Å². The molecule has 21 heavy (non-hydrogen) atoms. The third-order valence-electron chi connectivity index (χ3n) is 4.50. The normalized spacial score (nSPS) is 26.1. The van der Waals surface area contributed by atoms with Gasteiger partial charge in [-0.15, -0.1) is 12.4 Å². The summed E-state index contributed by atoms with van der Waals surface area (Å²) >= 11 is 0. The van der Waals surface area contributed by atoms with Crippen LogP contribution in [-0.2, 0) is 16.4 Å². The molecule has 1 aromatic rings. The Balaban J connectivity index is 0.00000161. The molecular formula is C15H23ClN2O2S. The second-order valence-corrected chi connectivity index (χ2v) is 7.90. The fourth-order valence-electron chi connectivity index (χ4n) is 3.29. The Morgan fingerprint density at radius 1 is 1.19 bits per heavy atom. The van der Waals surface area contributed by atoms with Gasteiger partial charge in [-0.05, 0) is 37.3 Å². The van der Waals surface area contributed by atoms with Gasteiger partial charge in [0.25, 0.3) is 0 Å². The second-order valence-electron chi connectivity index (χ2n) is 5.81. The highest BCUT2D eigenvalue weighted by molar-refractivity contribution is 7.89. The summed E-state index contributed by atoms with van der Waals surface area (Å²) in [5.41, 5.74) is 1.09. The zero-order valence-electron chi connectivity index (χ0n) is 12.1. The van der Waals surface area contributed by atoms with Crippen LogP contribution in [0.25, 0.3) is 0 Å². The van der Waals surface area contributed by atoms with E-state index in [2.05, 4.69) is 5.32 Å². The van der Waals surface area contributed by atoms with Gasteiger partial charge in [0, 0.05) is 19.1 Å². The summed E-state index contributed by atoms with van der Waals surface area (Å²) in [6.07, 6.45) is 2.66. The molecule has 118 valence electrons. The monoisotopic (exact) mass is 330 g/mol. The minimum Gasteiger partial charge on any atom is -0.314 e. The number of aryl methyl sites for hydroxylation is 1. The highest BCUT2D eigenvalue weighted by atomic mass is 35.5. The summed E-state index contributed by atoms with van der Waals surface area (Å²) in [7, 11) is -3.11. The quantitative estimate of drug-likeness (QED) is 0.913. The average molecular weight is 331 g/mol. The minimum absolute atomic E-state index is 0. The number of hydrogen-bond acceptors (Lipinski definition) is 3. The van der Waals surface area contributed by atoms with Gasteiger partial charge in [-0.3, -0.25) is 0 Å². The summed E-state index contributed by atoms with van der Waals surface area (Å²) < 4.78 is 26.6. The molecular weight excluding hydrogens is 308 g/mol. The van der Waals surface area contributed by atoms with E-state index in [-0.39, 0.29) is 18.2 Å². The first-order valence-corrected chi connectivity index (χ1v) is 9.01. The number of nitrogens with zero attached hydrogens (tertiary/aromatic N) is 1. The number of rotatable bonds is 4. The molecule has 2 saturated heterocycles. The maximum absolute atomic E-state index is 12.5. The van der Waals surface area contributed by atoms with E-state index in [0.29, 0.717) is 31.5 Å². The van der Waals surface area contributed by atoms with E-state index >= 15 is 0 Å². The highest BCUT2D eigenvalue weighted by Crippen LogP contribution is 2.26. The van der Waals surface area contributed by atoms with Gasteiger partial charge in [-0.25, -0.2) is 12.7 Å². The molecule has 1 aromatic carbocycles. The Morgan fingerprint density at radius 2 is 1.95 bits per heavy atom. The average Bonchev–Trinajstić information content (AvgIpc) is 2.94. The van der Waals surface area contributed by atoms with E-state index < -0.39 is 10.0 Å². The van der Waals surface area contributed by atoms with Crippen molar-refractivity contribution in [1.29, 1.82) is 0 Å². The van der Waals surface area contributed by atoms with Crippen molar-refractivity contribution in [1.82, 2.24) is 9.62 Å². The molecule has 6 heteroatoms. The Morgan fingerprint density at radius 3 is 2.71 bits per heavy atom. The van der Waals surface area contributed by atoms with Crippen molar-refractivity contribution < 1.29 is 8.42 Å². The summed E-state index contributed by atoms with van der Waals surface area (Å²) in [5.74, 6) is 0.734. The topological polar surface area (TPSA) is 49.4 Å². The molecule has 2 heterocycles. The van der Waals surface area contributed by atoms with Gasteiger partial charge in [-0.1, -0.05) is 30.3 Å². The summed E-state index contributed by atoms with van der Waals surface area (Å²) in [6, 6.07) is 10.4. The molecule has 0 radical (unpaired) electrons. The first kappa shape index (κ1) is 16.7. The molecule has 0 spiro atoms. The van der Waals surface area contributed by atoms with Crippen molar-refractivity contribution in [2.24, 2.45) is 5.92 Å². The van der Waals surface area contributed by atoms with E-state index in [1.807, 2.05) is 30.3 Å². The van der Waals surface area contributed by atoms with Gasteiger partial charge in [0.05, 0.1) is 5.75 Å². The third-order valence-corrected chi connectivity index (χ3v) is 6.34. The molecule has 0 amide bonds. The summed E-state index contributed by atoms with van der Waals surface area (Å²) in [5, 5.41) is 3.47. The van der Waals surface area contributed by atoms with Crippen LogP contribution in [0.1, 0.15) is 18.4 Å². The minimum atomic E-state index is -3.11. The molecule has 3 rings (SSSR count). The third kappa shape index (κ3) is 3.97. The van der Waals surface area contributed by atoms with Gasteiger partial charge in [0.2, 0.25) is 10.0 Å². The number of hydrogen-bond donors (Lipinski definition) is 1. The lowest BCUT2D eigenvalue weighted by molar-refractivity contribution is 0.247. The maximum Gasteiger partial charge on any atom is 0.214 e. The van der Waals surface area contributed by atoms with Gasteiger partial charge in [0.15, 0.2) is 0 Å². The van der Waals surface area contributed by atoms with Crippen LogP contribution in [0.3, 0.4) is 0 Å². The number of nitrogens with one attached hydrogen (secondary N) is 1. The van der Waals surface area contributed by atoms with Crippen molar-refractivity contribution >= 4 is 22.4 Å². The fourth-order valence-corrected chi connectivity index (χ4v) is 4.84. The zero-order valence-corrected chi connectivity index (χ0v) is 13.7. The van der Waals surface area contributed by atoms with Gasteiger partial charge >= 0.3 is 0 Å². The Kier molecular flexibility index (Phi) is 5.66. The lowest BCUT2D eigenvalue weighted by Gasteiger charge is -2.34. The molecule has 0 aromatic heterocycles. The smallest absolute Gasteiger partial charge is 0.214 e. The Hall–Kier alpha value is -0.620. The summed E-state index contributed by atoms with van der Waals surface area (Å²) in [4.78, 5) is 0. The van der Waals surface area contributed by atoms with Gasteiger partial charge in [-0.2, -0.15) is 0 Å². The standard InChI is InChI=1S/C15H22N2O2S.ClH/c18-20(19,11-8-13-4-2-1-3-5-13)17-10-7-15-14(12-17)6-9-16-15;/h1-5,14-16H,6-12H2;1H. The molecule has 4 nitrogen and oxygen atoms in total. The van der Waals surface area contributed by atoms with Crippen LogP contribution in [0.2, 0.25) is 0 Å². The van der Waals surface area contributed by atoms with Gasteiger partial charge in [0.1, 0.15) is 0 Å². The van der Waals surface area contributed by atoms with E-state index in [0.717, 1.165) is 24.9 Å². The van der Waals surface area contributed by atoms with Crippen LogP contribution >= 0.6 is 12.4 Å². The van der Waals surface area contributed by atoms with Crippen LogP contribution in [0.4, 0.5) is 0 Å². The van der Waals surface area contributed by atoms with Crippen LogP contribution < -0.4 is 5.32 Å². The number of benzene rings is 1. The molecule has 2 aliphatic rings. The van der Waals surface area contributed by atoms with Crippen LogP contribution in [-0.4, -0.2) is 44.2 Å². The highest BCUT2D eigenvalue weighted by Gasteiger charge is 2.36. The zero-order chi connectivity index (χ0) is 14.0. The molecule has 0 bridgehead atoms. The van der Waals surface area contributed by atoms with E-state index in [1.54, 1.807) is 4.31 Å². The van der Waals surface area contributed by atoms with Crippen molar-refractivity contribution in [2.75, 3.05) is 25.4 Å². The van der Waals surface area contributed by atoms with Crippen LogP contribution in [0.5, 0.6) is 0 Å². The fraction of sp³-hybridized carbons (Fsp3) is 0.600. The molecule has 1 N–H and O–H groups in total. The number of fused-ring (bicyclic) bond motifs is 1. The molecule has 0 saturated carbocycles. The summed E-state index contributed by atoms with van der Waals surface area (Å²) in [6.45, 7) is 2.41. The number of piperidine rings is 1. The molecule has 0 aliphatic carbocycles. The van der Waals surface area contributed by atoms with Gasteiger partial charge < -0.3 is 5.32 Å². The first-order chi connectivity index (χ1) is 9.65. The van der Waals surface area contributed by atoms with Crippen molar-refractivity contribution in [2.45, 2.75) is 25.3 Å². The van der Waals surface area contributed by atoms with Crippen molar-refractivity contribution in [3.05, 3.63) is 35.9 Å².